The van der Waals surface area contributed by atoms with Gasteiger partial charge in [-0.3, -0.25) is 14.2 Å². The number of carbonyl (C=O) groups excluding carboxylic acids is 1. The molecule has 0 radical (unpaired) electrons. The van der Waals surface area contributed by atoms with E-state index >= 15 is 0 Å². The molecule has 1 aromatic carbocycles. The van der Waals surface area contributed by atoms with Crippen molar-refractivity contribution >= 4 is 5.91 Å². The van der Waals surface area contributed by atoms with Crippen LogP contribution in [0.5, 0.6) is 5.75 Å². The van der Waals surface area contributed by atoms with E-state index in [0.717, 1.165) is 11.3 Å². The van der Waals surface area contributed by atoms with Crippen LogP contribution >= 0.6 is 0 Å². The second-order valence-corrected chi connectivity index (χ2v) is 4.75. The van der Waals surface area contributed by atoms with Gasteiger partial charge in [0.1, 0.15) is 5.75 Å². The van der Waals surface area contributed by atoms with Gasteiger partial charge in [0, 0.05) is 31.6 Å². The first-order valence-corrected chi connectivity index (χ1v) is 7.14. The van der Waals surface area contributed by atoms with Crippen molar-refractivity contribution in [1.29, 1.82) is 0 Å². The molecule has 0 saturated carbocycles. The zero-order valence-electron chi connectivity index (χ0n) is 12.7. The molecule has 1 amide bonds. The number of rotatable bonds is 6. The van der Waals surface area contributed by atoms with Crippen LogP contribution in [-0.4, -0.2) is 28.6 Å². The minimum absolute atomic E-state index is 0.119. The molecule has 0 fully saturated rings. The average molecular weight is 301 g/mol. The van der Waals surface area contributed by atoms with Crippen LogP contribution in [0.15, 0.2) is 41.5 Å². The first kappa shape index (κ1) is 15.8. The SMILES string of the molecule is CCOc1ccc(-c2cc(=O)n(CCNC(C)=O)cn2)cc1. The summed E-state index contributed by atoms with van der Waals surface area (Å²) in [5.74, 6) is 0.668. The number of hydrogen-bond donors (Lipinski definition) is 1. The lowest BCUT2D eigenvalue weighted by atomic mass is 10.1. The van der Waals surface area contributed by atoms with Gasteiger partial charge in [0.15, 0.2) is 0 Å². The lowest BCUT2D eigenvalue weighted by Gasteiger charge is -2.08. The van der Waals surface area contributed by atoms with Crippen molar-refractivity contribution in [2.75, 3.05) is 13.2 Å². The molecule has 6 heteroatoms. The van der Waals surface area contributed by atoms with Crippen molar-refractivity contribution in [1.82, 2.24) is 14.9 Å². The lowest BCUT2D eigenvalue weighted by Crippen LogP contribution is -2.29. The van der Waals surface area contributed by atoms with Crippen LogP contribution in [0.4, 0.5) is 0 Å². The predicted molar refractivity (Wildman–Crippen MR) is 83.8 cm³/mol. The Morgan fingerprint density at radius 3 is 2.64 bits per heavy atom. The molecule has 0 aliphatic rings. The lowest BCUT2D eigenvalue weighted by molar-refractivity contribution is -0.118. The third-order valence-electron chi connectivity index (χ3n) is 3.07. The molecule has 0 saturated heterocycles. The summed E-state index contributed by atoms with van der Waals surface area (Å²) in [5, 5.41) is 2.65. The molecule has 1 heterocycles. The monoisotopic (exact) mass is 301 g/mol. The van der Waals surface area contributed by atoms with E-state index in [9.17, 15) is 9.59 Å². The van der Waals surface area contributed by atoms with Gasteiger partial charge in [-0.1, -0.05) is 0 Å². The maximum atomic E-state index is 12.0. The Labute approximate surface area is 128 Å². The van der Waals surface area contributed by atoms with Crippen molar-refractivity contribution in [3.05, 3.63) is 47.0 Å². The number of ether oxygens (including phenoxy) is 1. The fraction of sp³-hybridized carbons (Fsp3) is 0.312. The fourth-order valence-electron chi connectivity index (χ4n) is 1.99. The predicted octanol–water partition coefficient (Wildman–Crippen LogP) is 1.45. The Morgan fingerprint density at radius 2 is 2.05 bits per heavy atom. The largest absolute Gasteiger partial charge is 0.494 e. The van der Waals surface area contributed by atoms with Gasteiger partial charge in [-0.25, -0.2) is 4.98 Å². The first-order valence-electron chi connectivity index (χ1n) is 7.14. The van der Waals surface area contributed by atoms with Crippen LogP contribution < -0.4 is 15.6 Å². The minimum atomic E-state index is -0.149. The van der Waals surface area contributed by atoms with Crippen LogP contribution in [0.2, 0.25) is 0 Å². The maximum absolute atomic E-state index is 12.0. The molecule has 1 aromatic heterocycles. The van der Waals surface area contributed by atoms with Gasteiger partial charge >= 0.3 is 0 Å². The molecule has 1 N–H and O–H groups in total. The van der Waals surface area contributed by atoms with Crippen molar-refractivity contribution in [3.63, 3.8) is 0 Å². The third-order valence-corrected chi connectivity index (χ3v) is 3.07. The van der Waals surface area contributed by atoms with Gasteiger partial charge in [-0.15, -0.1) is 0 Å². The number of hydrogen-bond acceptors (Lipinski definition) is 4. The zero-order chi connectivity index (χ0) is 15.9. The number of benzene rings is 1. The van der Waals surface area contributed by atoms with Crippen LogP contribution in [-0.2, 0) is 11.3 Å². The number of nitrogens with one attached hydrogen (secondary N) is 1. The average Bonchev–Trinajstić information content (AvgIpc) is 2.50. The quantitative estimate of drug-likeness (QED) is 0.876. The molecule has 2 rings (SSSR count). The van der Waals surface area contributed by atoms with E-state index in [2.05, 4.69) is 10.3 Å². The molecule has 0 aliphatic carbocycles. The molecular weight excluding hydrogens is 282 g/mol. The molecular formula is C16H19N3O3. The van der Waals surface area contributed by atoms with E-state index in [1.54, 1.807) is 0 Å². The minimum Gasteiger partial charge on any atom is -0.494 e. The van der Waals surface area contributed by atoms with E-state index < -0.39 is 0 Å². The highest BCUT2D eigenvalue weighted by Crippen LogP contribution is 2.19. The summed E-state index contributed by atoms with van der Waals surface area (Å²) >= 11 is 0. The first-order chi connectivity index (χ1) is 10.6. The number of aromatic nitrogens is 2. The van der Waals surface area contributed by atoms with E-state index in [-0.39, 0.29) is 11.5 Å². The van der Waals surface area contributed by atoms with E-state index in [0.29, 0.717) is 25.4 Å². The van der Waals surface area contributed by atoms with Gasteiger partial charge in [0.25, 0.3) is 5.56 Å². The van der Waals surface area contributed by atoms with Gasteiger partial charge in [-0.2, -0.15) is 0 Å². The van der Waals surface area contributed by atoms with E-state index in [4.69, 9.17) is 4.74 Å². The highest BCUT2D eigenvalue weighted by atomic mass is 16.5. The normalized spacial score (nSPS) is 10.3. The summed E-state index contributed by atoms with van der Waals surface area (Å²) in [6.07, 6.45) is 1.50. The van der Waals surface area contributed by atoms with Crippen LogP contribution in [0, 0.1) is 0 Å². The molecule has 0 aliphatic heterocycles. The highest BCUT2D eigenvalue weighted by Gasteiger charge is 2.04. The molecule has 22 heavy (non-hydrogen) atoms. The molecule has 116 valence electrons. The second kappa shape index (κ2) is 7.40. The number of nitrogens with zero attached hydrogens (tertiary/aromatic N) is 2. The summed E-state index contributed by atoms with van der Waals surface area (Å²) < 4.78 is 6.85. The fourth-order valence-corrected chi connectivity index (χ4v) is 1.99. The Kier molecular flexibility index (Phi) is 5.30. The Bertz CT molecular complexity index is 693. The highest BCUT2D eigenvalue weighted by molar-refractivity contribution is 5.72. The standard InChI is InChI=1S/C16H19N3O3/c1-3-22-14-6-4-13(5-7-14)15-10-16(21)19(11-18-15)9-8-17-12(2)20/h4-7,10-11H,3,8-9H2,1-2H3,(H,17,20). The number of carbonyl (C=O) groups is 1. The maximum Gasteiger partial charge on any atom is 0.253 e. The van der Waals surface area contributed by atoms with Gasteiger partial charge in [0.2, 0.25) is 5.91 Å². The summed E-state index contributed by atoms with van der Waals surface area (Å²) in [7, 11) is 0. The van der Waals surface area contributed by atoms with Crippen molar-refractivity contribution in [2.24, 2.45) is 0 Å². The Balaban J connectivity index is 2.11. The molecule has 2 aromatic rings. The van der Waals surface area contributed by atoms with Crippen LogP contribution in [0.25, 0.3) is 11.3 Å². The molecule has 0 unspecified atom stereocenters. The Morgan fingerprint density at radius 1 is 1.32 bits per heavy atom. The van der Waals surface area contributed by atoms with Crippen LogP contribution in [0.3, 0.4) is 0 Å². The van der Waals surface area contributed by atoms with Gasteiger partial charge in [-0.05, 0) is 31.2 Å². The van der Waals surface area contributed by atoms with Crippen molar-refractivity contribution in [2.45, 2.75) is 20.4 Å². The summed E-state index contributed by atoms with van der Waals surface area (Å²) in [6.45, 7) is 4.78. The third kappa shape index (κ3) is 4.18. The van der Waals surface area contributed by atoms with Crippen LogP contribution in [0.1, 0.15) is 13.8 Å². The molecule has 0 atom stereocenters. The van der Waals surface area contributed by atoms with Gasteiger partial charge < -0.3 is 10.1 Å². The Hall–Kier alpha value is -2.63. The molecule has 6 nitrogen and oxygen atoms in total. The zero-order valence-corrected chi connectivity index (χ0v) is 12.7. The molecule has 0 spiro atoms. The van der Waals surface area contributed by atoms with Crippen molar-refractivity contribution < 1.29 is 9.53 Å². The smallest absolute Gasteiger partial charge is 0.253 e. The summed E-state index contributed by atoms with van der Waals surface area (Å²) in [5.41, 5.74) is 1.32. The second-order valence-electron chi connectivity index (χ2n) is 4.75. The van der Waals surface area contributed by atoms with Crippen molar-refractivity contribution in [3.8, 4) is 17.0 Å². The van der Waals surface area contributed by atoms with E-state index in [1.807, 2.05) is 31.2 Å². The van der Waals surface area contributed by atoms with E-state index in [1.165, 1.54) is 23.9 Å². The summed E-state index contributed by atoms with van der Waals surface area (Å²) in [4.78, 5) is 27.1. The van der Waals surface area contributed by atoms with Gasteiger partial charge in [0.05, 0.1) is 18.6 Å². The topological polar surface area (TPSA) is 73.2 Å². The number of amides is 1. The molecule has 0 bridgehead atoms. The summed E-state index contributed by atoms with van der Waals surface area (Å²) in [6, 6.07) is 8.93.